The van der Waals surface area contributed by atoms with Crippen molar-refractivity contribution in [2.75, 3.05) is 69.5 Å². The number of thiazole rings is 1. The van der Waals surface area contributed by atoms with Gasteiger partial charge in [-0.2, -0.15) is 0 Å². The van der Waals surface area contributed by atoms with Crippen LogP contribution in [0.3, 0.4) is 0 Å². The summed E-state index contributed by atoms with van der Waals surface area (Å²) in [7, 11) is 0. The molecule has 23 heteroatoms. The molecule has 0 aliphatic carbocycles. The van der Waals surface area contributed by atoms with Gasteiger partial charge in [0.05, 0.1) is 53.1 Å². The van der Waals surface area contributed by atoms with Gasteiger partial charge in [-0.15, -0.1) is 24.5 Å². The first-order valence-corrected chi connectivity index (χ1v) is 27.6. The molecule has 0 spiro atoms. The summed E-state index contributed by atoms with van der Waals surface area (Å²) in [4.78, 5) is 89.5. The van der Waals surface area contributed by atoms with E-state index in [9.17, 15) is 42.3 Å². The number of piperazine rings is 1. The lowest BCUT2D eigenvalue weighted by atomic mass is 9.85. The second-order valence-corrected chi connectivity index (χ2v) is 22.7. The number of anilines is 2. The second kappa shape index (κ2) is 24.1. The zero-order chi connectivity index (χ0) is 57.0. The number of β-amino-alcohol motifs (C(OH)–C–C–N with tert-alkyl or cyclic N) is 1. The zero-order valence-electron chi connectivity index (χ0n) is 45.4. The van der Waals surface area contributed by atoms with Gasteiger partial charge in [0.15, 0.2) is 0 Å². The zero-order valence-corrected chi connectivity index (χ0v) is 46.2. The molecule has 6 N–H and O–H groups in total. The molecule has 0 bridgehead atoms. The molecule has 9 rings (SSSR count). The first-order chi connectivity index (χ1) is 38.1. The lowest BCUT2D eigenvalue weighted by Gasteiger charge is -2.37. The van der Waals surface area contributed by atoms with E-state index < -0.39 is 35.9 Å². The van der Waals surface area contributed by atoms with Gasteiger partial charge in [0.25, 0.3) is 0 Å². The fourth-order valence-electron chi connectivity index (χ4n) is 10.8. The van der Waals surface area contributed by atoms with Gasteiger partial charge in [-0.25, -0.2) is 15.0 Å². The highest BCUT2D eigenvalue weighted by atomic mass is 32.1. The Balaban J connectivity index is 0.723. The summed E-state index contributed by atoms with van der Waals surface area (Å²) in [5, 5.41) is 20.4. The Kier molecular flexibility index (Phi) is 17.2. The molecule has 0 radical (unpaired) electrons. The van der Waals surface area contributed by atoms with E-state index in [1.165, 1.54) is 29.4 Å². The van der Waals surface area contributed by atoms with Crippen LogP contribution in [-0.2, 0) is 43.4 Å². The van der Waals surface area contributed by atoms with Crippen molar-refractivity contribution in [2.45, 2.75) is 97.4 Å². The van der Waals surface area contributed by atoms with Crippen LogP contribution in [0.2, 0.25) is 0 Å². The van der Waals surface area contributed by atoms with Crippen LogP contribution in [0.5, 0.6) is 5.75 Å². The van der Waals surface area contributed by atoms with Crippen LogP contribution in [0.4, 0.5) is 24.7 Å². The summed E-state index contributed by atoms with van der Waals surface area (Å²) in [6, 6.07) is 16.8. The Morgan fingerprint density at radius 1 is 0.887 bits per heavy atom. The van der Waals surface area contributed by atoms with Gasteiger partial charge >= 0.3 is 6.36 Å². The number of carbonyl (C=O) groups excluding carboxylic acids is 5. The first-order valence-electron chi connectivity index (χ1n) is 26.8. The topological polar surface area (TPSA) is 233 Å². The molecule has 3 aromatic heterocycles. The Hall–Kier alpha value is -7.47. The summed E-state index contributed by atoms with van der Waals surface area (Å²) in [6.45, 7) is 13.1. The number of likely N-dealkylation sites (tertiary alicyclic amines) is 1. The van der Waals surface area contributed by atoms with Crippen LogP contribution in [0.25, 0.3) is 32.6 Å². The van der Waals surface area contributed by atoms with Crippen LogP contribution < -0.4 is 31.3 Å². The number of nitrogens with two attached hydrogens (primary N) is 1. The van der Waals surface area contributed by atoms with Crippen LogP contribution in [0, 0.1) is 12.3 Å². The summed E-state index contributed by atoms with van der Waals surface area (Å²) < 4.78 is 44.4. The number of hydrogen-bond acceptors (Lipinski definition) is 14. The second-order valence-electron chi connectivity index (χ2n) is 21.8. The molecule has 6 aromatic rings. The molecule has 2 saturated heterocycles. The van der Waals surface area contributed by atoms with Crippen molar-refractivity contribution in [3.05, 3.63) is 107 Å². The number of nitrogens with zero attached hydrogens (tertiary/aromatic N) is 8. The number of nitrogen functional groups attached to an aromatic ring is 1. The van der Waals surface area contributed by atoms with Crippen LogP contribution in [0.15, 0.2) is 84.8 Å². The number of aliphatic hydroxyl groups is 1. The number of benzene rings is 3. The quantitative estimate of drug-likeness (QED) is 0.0657. The molecule has 0 unspecified atom stereocenters. The van der Waals surface area contributed by atoms with Crippen molar-refractivity contribution < 1.29 is 47.0 Å². The monoisotopic (exact) mass is 1120 g/mol. The number of aliphatic hydroxyl groups excluding tert-OH is 1. The van der Waals surface area contributed by atoms with Gasteiger partial charge in [0, 0.05) is 76.2 Å². The third-order valence-electron chi connectivity index (χ3n) is 14.9. The van der Waals surface area contributed by atoms with Gasteiger partial charge in [-0.3, -0.25) is 33.8 Å². The predicted molar refractivity (Wildman–Crippen MR) is 297 cm³/mol. The largest absolute Gasteiger partial charge is 0.573 e. The minimum atomic E-state index is -4.84. The van der Waals surface area contributed by atoms with Crippen molar-refractivity contribution in [3.8, 4) is 27.3 Å². The van der Waals surface area contributed by atoms with E-state index in [0.717, 1.165) is 44.1 Å². The SMILES string of the molecule is Cc1ncsc1-c1ccc([C@H](C)NC(=O)[C@@H]2C[C@@H](O)CN2C(=O)[C@@H](NC(=O)CN2CCN(CC(=O)NCCCn3cc(-c4ccc5c(c4)CCN5C(=O)Cc4cccc(OC(F)(F)F)c4)c4c(N)ncnc43)CC2)C(C)(C)C)cc1. The van der Waals surface area contributed by atoms with Gasteiger partial charge in [0.1, 0.15) is 35.6 Å². The third kappa shape index (κ3) is 13.6. The maximum Gasteiger partial charge on any atom is 0.573 e. The molecule has 3 aromatic carbocycles. The molecule has 6 heterocycles. The number of aryl methyl sites for hydroxylation is 2. The van der Waals surface area contributed by atoms with Crippen molar-refractivity contribution in [1.29, 1.82) is 0 Å². The van der Waals surface area contributed by atoms with Crippen LogP contribution in [0.1, 0.15) is 69.0 Å². The Morgan fingerprint density at radius 2 is 1.60 bits per heavy atom. The minimum absolute atomic E-state index is 0.0327. The maximum absolute atomic E-state index is 14.3. The van der Waals surface area contributed by atoms with E-state index in [4.69, 9.17) is 5.73 Å². The highest BCUT2D eigenvalue weighted by molar-refractivity contribution is 7.13. The first kappa shape index (κ1) is 57.2. The Labute approximate surface area is 465 Å². The average molecular weight is 1120 g/mol. The number of amides is 5. The standard InChI is InChI=1S/C57H67F3N12O7S/c1-34(37-10-12-38(13-11-37)50-35(2)65-33-80-50)66-54(77)45-27-41(73)28-72(45)55(78)51(56(3,4)5)67-47(75)31-69-22-20-68(21-23-69)30-46(74)62-17-7-18-70-29-43(49-52(61)63-32-64-53(49)70)39-14-15-44-40(26-39)16-19-71(44)48(76)25-36-8-6-9-42(24-36)79-57(58,59)60/h6,8-15,24,26,29,32-34,41,45,51,73H,7,16-23,25,27-28,30-31H2,1-5H3,(H,62,74)(H,66,77)(H,67,75)(H2,61,63,64)/t34-,41+,45-,51+/m0/s1. The molecular weight excluding hydrogens is 1050 g/mol. The van der Waals surface area contributed by atoms with E-state index in [0.29, 0.717) is 81.1 Å². The van der Waals surface area contributed by atoms with Crippen molar-refractivity contribution in [1.82, 2.24) is 50.2 Å². The Bertz CT molecular complexity index is 3250. The van der Waals surface area contributed by atoms with Crippen LogP contribution >= 0.6 is 11.3 Å². The van der Waals surface area contributed by atoms with E-state index in [-0.39, 0.29) is 67.9 Å². The number of aromatic nitrogens is 4. The molecule has 424 valence electrons. The third-order valence-corrected chi connectivity index (χ3v) is 15.9. The molecular formula is C57H67F3N12O7S. The number of fused-ring (bicyclic) bond motifs is 2. The number of carbonyl (C=O) groups is 5. The van der Waals surface area contributed by atoms with E-state index >= 15 is 0 Å². The van der Waals surface area contributed by atoms with Crippen molar-refractivity contribution in [2.24, 2.45) is 5.41 Å². The number of ether oxygens (including phenoxy) is 1. The number of nitrogens with one attached hydrogen (secondary N) is 3. The predicted octanol–water partition coefficient (Wildman–Crippen LogP) is 5.64. The van der Waals surface area contributed by atoms with Gasteiger partial charge in [0.2, 0.25) is 29.5 Å². The summed E-state index contributed by atoms with van der Waals surface area (Å²) in [6.07, 6.45) is -1.24. The van der Waals surface area contributed by atoms with Crippen molar-refractivity contribution >= 4 is 63.4 Å². The minimum Gasteiger partial charge on any atom is -0.406 e. The van der Waals surface area contributed by atoms with Crippen LogP contribution in [-0.4, -0.2) is 152 Å². The number of alkyl halides is 3. The highest BCUT2D eigenvalue weighted by Gasteiger charge is 2.45. The van der Waals surface area contributed by atoms with Gasteiger partial charge in [-0.1, -0.05) is 63.2 Å². The van der Waals surface area contributed by atoms with Gasteiger partial charge < -0.3 is 45.9 Å². The molecule has 5 amide bonds. The summed E-state index contributed by atoms with van der Waals surface area (Å²) in [5.74, 6) is -1.62. The average Bonchev–Trinajstić information content (AvgIpc) is 4.26. The number of rotatable bonds is 18. The normalized spacial score (nSPS) is 17.8. The smallest absolute Gasteiger partial charge is 0.406 e. The number of halogens is 3. The molecule has 80 heavy (non-hydrogen) atoms. The van der Waals surface area contributed by atoms with Crippen molar-refractivity contribution in [3.63, 3.8) is 0 Å². The van der Waals surface area contributed by atoms with Gasteiger partial charge in [-0.05, 0) is 84.2 Å². The fourth-order valence-corrected chi connectivity index (χ4v) is 11.6. The summed E-state index contributed by atoms with van der Waals surface area (Å²) in [5.41, 5.74) is 14.7. The lowest BCUT2D eigenvalue weighted by Crippen LogP contribution is -2.59. The van der Waals surface area contributed by atoms with E-state index in [2.05, 4.69) is 35.6 Å². The molecule has 4 atom stereocenters. The van der Waals surface area contributed by atoms with E-state index in [1.54, 1.807) is 22.3 Å². The maximum atomic E-state index is 14.3. The number of hydrogen-bond donors (Lipinski definition) is 5. The molecule has 3 aliphatic heterocycles. The lowest BCUT2D eigenvalue weighted by molar-refractivity contribution is -0.274. The summed E-state index contributed by atoms with van der Waals surface area (Å²) >= 11 is 1.56. The molecule has 19 nitrogen and oxygen atoms in total. The molecule has 2 fully saturated rings. The fraction of sp³-hybridized carbons (Fsp3) is 0.439. The molecule has 3 aliphatic rings. The highest BCUT2D eigenvalue weighted by Crippen LogP contribution is 2.38. The Morgan fingerprint density at radius 3 is 2.29 bits per heavy atom. The molecule has 0 saturated carbocycles. The van der Waals surface area contributed by atoms with E-state index in [1.807, 2.05) is 103 Å².